The van der Waals surface area contributed by atoms with E-state index in [1.165, 1.54) is 11.0 Å². The minimum atomic E-state index is -0.535. The standard InChI is InChI=1S/C19H15ClN2O3S/c1-2-25-15-5-3-4-14(11-15)22-18(24)16(17(23)21-19(22)26)10-12-6-8-13(20)9-7-12/h3-11H,2H2,1H3,(H,21,23,26)/b16-10-. The topological polar surface area (TPSA) is 58.6 Å². The number of anilines is 1. The molecule has 0 saturated carbocycles. The highest BCUT2D eigenvalue weighted by molar-refractivity contribution is 7.80. The third-order valence-corrected chi connectivity index (χ3v) is 4.21. The predicted molar refractivity (Wildman–Crippen MR) is 105 cm³/mol. The van der Waals surface area contributed by atoms with Crippen molar-refractivity contribution in [3.8, 4) is 5.75 Å². The average Bonchev–Trinajstić information content (AvgIpc) is 2.61. The van der Waals surface area contributed by atoms with Crippen molar-refractivity contribution >= 4 is 52.5 Å². The molecule has 1 aliphatic heterocycles. The number of carbonyl (C=O) groups is 2. The van der Waals surface area contributed by atoms with Gasteiger partial charge in [-0.2, -0.15) is 0 Å². The van der Waals surface area contributed by atoms with E-state index in [1.807, 2.05) is 6.92 Å². The third-order valence-electron chi connectivity index (χ3n) is 3.67. The lowest BCUT2D eigenvalue weighted by Gasteiger charge is -2.29. The Morgan fingerprint density at radius 2 is 1.92 bits per heavy atom. The van der Waals surface area contributed by atoms with Crippen LogP contribution in [0.2, 0.25) is 5.02 Å². The van der Waals surface area contributed by atoms with E-state index in [9.17, 15) is 9.59 Å². The summed E-state index contributed by atoms with van der Waals surface area (Å²) < 4.78 is 5.47. The summed E-state index contributed by atoms with van der Waals surface area (Å²) in [7, 11) is 0. The molecule has 1 heterocycles. The first-order chi connectivity index (χ1) is 12.5. The zero-order chi connectivity index (χ0) is 18.7. The van der Waals surface area contributed by atoms with Crippen LogP contribution in [0.5, 0.6) is 5.75 Å². The normalized spacial score (nSPS) is 16.0. The first-order valence-corrected chi connectivity index (χ1v) is 8.68. The molecule has 2 aromatic carbocycles. The van der Waals surface area contributed by atoms with Crippen molar-refractivity contribution in [2.24, 2.45) is 0 Å². The summed E-state index contributed by atoms with van der Waals surface area (Å²) in [6, 6.07) is 13.8. The second kappa shape index (κ2) is 7.68. The van der Waals surface area contributed by atoms with Gasteiger partial charge in [-0.15, -0.1) is 0 Å². The first kappa shape index (κ1) is 18.1. The van der Waals surface area contributed by atoms with E-state index in [2.05, 4.69) is 5.32 Å². The highest BCUT2D eigenvalue weighted by Gasteiger charge is 2.34. The quantitative estimate of drug-likeness (QED) is 0.496. The molecule has 26 heavy (non-hydrogen) atoms. The Morgan fingerprint density at radius 3 is 2.62 bits per heavy atom. The Balaban J connectivity index is 1.98. The van der Waals surface area contributed by atoms with Crippen molar-refractivity contribution in [1.82, 2.24) is 5.32 Å². The van der Waals surface area contributed by atoms with Crippen molar-refractivity contribution in [2.45, 2.75) is 6.92 Å². The number of rotatable bonds is 4. The highest BCUT2D eigenvalue weighted by atomic mass is 35.5. The molecule has 3 rings (SSSR count). The molecule has 0 atom stereocenters. The van der Waals surface area contributed by atoms with E-state index in [4.69, 9.17) is 28.6 Å². The molecule has 0 spiro atoms. The number of amides is 2. The van der Waals surface area contributed by atoms with E-state index in [-0.39, 0.29) is 10.7 Å². The van der Waals surface area contributed by atoms with E-state index in [0.29, 0.717) is 28.6 Å². The van der Waals surface area contributed by atoms with Gasteiger partial charge in [-0.05, 0) is 55.0 Å². The zero-order valence-corrected chi connectivity index (χ0v) is 15.4. The highest BCUT2D eigenvalue weighted by Crippen LogP contribution is 2.26. The Bertz CT molecular complexity index is 909. The predicted octanol–water partition coefficient (Wildman–Crippen LogP) is 3.57. The van der Waals surface area contributed by atoms with Crippen LogP contribution in [0, 0.1) is 0 Å². The Morgan fingerprint density at radius 1 is 1.19 bits per heavy atom. The lowest BCUT2D eigenvalue weighted by Crippen LogP contribution is -2.54. The summed E-state index contributed by atoms with van der Waals surface area (Å²) >= 11 is 11.1. The van der Waals surface area contributed by atoms with Gasteiger partial charge >= 0.3 is 0 Å². The van der Waals surface area contributed by atoms with Crippen LogP contribution in [0.3, 0.4) is 0 Å². The molecule has 1 fully saturated rings. The van der Waals surface area contributed by atoms with E-state index >= 15 is 0 Å². The Kier molecular flexibility index (Phi) is 5.35. The maximum atomic E-state index is 12.9. The molecule has 132 valence electrons. The number of halogens is 1. The Hall–Kier alpha value is -2.70. The van der Waals surface area contributed by atoms with Gasteiger partial charge in [0, 0.05) is 11.1 Å². The molecule has 2 amide bonds. The van der Waals surface area contributed by atoms with Crippen LogP contribution in [0.1, 0.15) is 12.5 Å². The second-order valence-electron chi connectivity index (χ2n) is 5.44. The molecular formula is C19H15ClN2O3S. The summed E-state index contributed by atoms with van der Waals surface area (Å²) in [5.41, 5.74) is 1.19. The van der Waals surface area contributed by atoms with Crippen LogP contribution < -0.4 is 15.0 Å². The fraction of sp³-hybridized carbons (Fsp3) is 0.105. The Labute approximate surface area is 161 Å². The summed E-state index contributed by atoms with van der Waals surface area (Å²) in [5, 5.41) is 3.15. The van der Waals surface area contributed by atoms with Gasteiger partial charge in [0.2, 0.25) is 0 Å². The van der Waals surface area contributed by atoms with Crippen molar-refractivity contribution in [3.63, 3.8) is 0 Å². The number of nitrogens with zero attached hydrogens (tertiary/aromatic N) is 1. The summed E-state index contributed by atoms with van der Waals surface area (Å²) in [4.78, 5) is 26.5. The van der Waals surface area contributed by atoms with Gasteiger partial charge in [0.1, 0.15) is 11.3 Å². The molecule has 0 bridgehead atoms. The van der Waals surface area contributed by atoms with Gasteiger partial charge in [0.15, 0.2) is 5.11 Å². The van der Waals surface area contributed by atoms with Crippen LogP contribution in [-0.2, 0) is 9.59 Å². The molecule has 0 aromatic heterocycles. The number of hydrogen-bond acceptors (Lipinski definition) is 4. The average molecular weight is 387 g/mol. The number of benzene rings is 2. The van der Waals surface area contributed by atoms with E-state index in [1.54, 1.807) is 48.5 Å². The molecule has 5 nitrogen and oxygen atoms in total. The van der Waals surface area contributed by atoms with Gasteiger partial charge in [-0.3, -0.25) is 19.8 Å². The summed E-state index contributed by atoms with van der Waals surface area (Å²) in [5.74, 6) is -0.421. The molecule has 0 aliphatic carbocycles. The van der Waals surface area contributed by atoms with Crippen molar-refractivity contribution < 1.29 is 14.3 Å². The lowest BCUT2D eigenvalue weighted by atomic mass is 10.1. The van der Waals surface area contributed by atoms with Gasteiger partial charge in [-0.1, -0.05) is 29.8 Å². The van der Waals surface area contributed by atoms with Gasteiger partial charge in [0.25, 0.3) is 11.8 Å². The van der Waals surface area contributed by atoms with Crippen molar-refractivity contribution in [2.75, 3.05) is 11.5 Å². The first-order valence-electron chi connectivity index (χ1n) is 7.89. The summed E-state index contributed by atoms with van der Waals surface area (Å²) in [6.45, 7) is 2.37. The summed E-state index contributed by atoms with van der Waals surface area (Å²) in [6.07, 6.45) is 1.51. The SMILES string of the molecule is CCOc1cccc(N2C(=O)/C(=C\c3ccc(Cl)cc3)C(=O)NC2=S)c1. The number of hydrogen-bond donors (Lipinski definition) is 1. The third kappa shape index (κ3) is 3.76. The maximum Gasteiger partial charge on any atom is 0.270 e. The van der Waals surface area contributed by atoms with Crippen LogP contribution in [0.4, 0.5) is 5.69 Å². The number of carbonyl (C=O) groups excluding carboxylic acids is 2. The van der Waals surface area contributed by atoms with Gasteiger partial charge < -0.3 is 4.74 Å². The molecule has 2 aromatic rings. The second-order valence-corrected chi connectivity index (χ2v) is 6.26. The van der Waals surface area contributed by atoms with Gasteiger partial charge in [0.05, 0.1) is 12.3 Å². The largest absolute Gasteiger partial charge is 0.494 e. The number of nitrogens with one attached hydrogen (secondary N) is 1. The van der Waals surface area contributed by atoms with E-state index < -0.39 is 11.8 Å². The molecule has 1 N–H and O–H groups in total. The zero-order valence-electron chi connectivity index (χ0n) is 13.9. The smallest absolute Gasteiger partial charge is 0.270 e. The van der Waals surface area contributed by atoms with Crippen LogP contribution in [-0.4, -0.2) is 23.5 Å². The number of ether oxygens (including phenoxy) is 1. The monoisotopic (exact) mass is 386 g/mol. The fourth-order valence-electron chi connectivity index (χ4n) is 2.50. The molecule has 1 aliphatic rings. The van der Waals surface area contributed by atoms with Crippen LogP contribution in [0.15, 0.2) is 54.1 Å². The van der Waals surface area contributed by atoms with Crippen molar-refractivity contribution in [3.05, 3.63) is 64.7 Å². The maximum absolute atomic E-state index is 12.9. The molecule has 0 unspecified atom stereocenters. The molecule has 7 heteroatoms. The van der Waals surface area contributed by atoms with Crippen LogP contribution >= 0.6 is 23.8 Å². The van der Waals surface area contributed by atoms with Gasteiger partial charge in [-0.25, -0.2) is 0 Å². The lowest BCUT2D eigenvalue weighted by molar-refractivity contribution is -0.122. The molecule has 0 radical (unpaired) electrons. The molecule has 1 saturated heterocycles. The minimum Gasteiger partial charge on any atom is -0.494 e. The number of thiocarbonyl (C=S) groups is 1. The van der Waals surface area contributed by atoms with E-state index in [0.717, 1.165) is 0 Å². The van der Waals surface area contributed by atoms with Crippen LogP contribution in [0.25, 0.3) is 6.08 Å². The minimum absolute atomic E-state index is 0.0114. The molecular weight excluding hydrogens is 372 g/mol. The fourth-order valence-corrected chi connectivity index (χ4v) is 2.90. The van der Waals surface area contributed by atoms with Crippen molar-refractivity contribution in [1.29, 1.82) is 0 Å².